The van der Waals surface area contributed by atoms with Crippen LogP contribution in [0.5, 0.6) is 5.75 Å². The summed E-state index contributed by atoms with van der Waals surface area (Å²) < 4.78 is 10.5. The molecule has 0 spiro atoms. The van der Waals surface area contributed by atoms with E-state index >= 15 is 0 Å². The van der Waals surface area contributed by atoms with Crippen molar-refractivity contribution in [2.75, 3.05) is 18.6 Å². The number of methoxy groups -OCH3 is 1. The lowest BCUT2D eigenvalue weighted by molar-refractivity contribution is 0.0581. The molecular formula is C15H20N2O3. The first kappa shape index (κ1) is 15.8. The number of nitrogens with zero attached hydrogens (tertiary/aromatic N) is 2. The number of amides is 1. The Kier molecular flexibility index (Phi) is 5.39. The van der Waals surface area contributed by atoms with E-state index in [4.69, 9.17) is 14.7 Å². The van der Waals surface area contributed by atoms with Gasteiger partial charge in [-0.1, -0.05) is 6.07 Å². The van der Waals surface area contributed by atoms with Crippen molar-refractivity contribution in [1.82, 2.24) is 0 Å². The van der Waals surface area contributed by atoms with Crippen molar-refractivity contribution in [3.63, 3.8) is 0 Å². The van der Waals surface area contributed by atoms with Crippen LogP contribution in [-0.4, -0.2) is 25.3 Å². The van der Waals surface area contributed by atoms with Crippen molar-refractivity contribution in [3.05, 3.63) is 24.3 Å². The lowest BCUT2D eigenvalue weighted by Crippen LogP contribution is -2.37. The van der Waals surface area contributed by atoms with Crippen molar-refractivity contribution < 1.29 is 14.3 Å². The van der Waals surface area contributed by atoms with Crippen molar-refractivity contribution >= 4 is 11.8 Å². The zero-order chi connectivity index (χ0) is 15.2. The maximum absolute atomic E-state index is 12.2. The van der Waals surface area contributed by atoms with Gasteiger partial charge >= 0.3 is 6.09 Å². The minimum absolute atomic E-state index is 0.233. The molecule has 1 amide bonds. The molecule has 0 N–H and O–H groups in total. The third-order valence-corrected chi connectivity index (χ3v) is 2.43. The van der Waals surface area contributed by atoms with Gasteiger partial charge in [-0.3, -0.25) is 4.90 Å². The number of carbonyl (C=O) groups excluding carboxylic acids is 1. The standard InChI is InChI=1S/C15H20N2O3/c1-15(2,3)20-14(18)17(10-6-9-16)12-7-5-8-13(11-12)19-4/h5,7-8,11H,6,10H2,1-4H3. The second kappa shape index (κ2) is 6.80. The van der Waals surface area contributed by atoms with Gasteiger partial charge < -0.3 is 9.47 Å². The van der Waals surface area contributed by atoms with E-state index in [1.165, 1.54) is 4.90 Å². The topological polar surface area (TPSA) is 62.6 Å². The number of carbonyl (C=O) groups is 1. The normalized spacial score (nSPS) is 10.6. The predicted molar refractivity (Wildman–Crippen MR) is 76.8 cm³/mol. The van der Waals surface area contributed by atoms with E-state index in [-0.39, 0.29) is 13.0 Å². The van der Waals surface area contributed by atoms with Crippen molar-refractivity contribution in [2.24, 2.45) is 0 Å². The fourth-order valence-electron chi connectivity index (χ4n) is 1.58. The Morgan fingerprint density at radius 1 is 1.40 bits per heavy atom. The van der Waals surface area contributed by atoms with Crippen LogP contribution < -0.4 is 9.64 Å². The molecule has 5 heteroatoms. The first-order valence-electron chi connectivity index (χ1n) is 6.39. The molecule has 1 aromatic carbocycles. The summed E-state index contributed by atoms with van der Waals surface area (Å²) in [5, 5.41) is 8.72. The van der Waals surface area contributed by atoms with Crippen molar-refractivity contribution in [1.29, 1.82) is 5.26 Å². The molecule has 0 bridgehead atoms. The third kappa shape index (κ3) is 4.81. The Morgan fingerprint density at radius 3 is 2.65 bits per heavy atom. The molecule has 1 aromatic rings. The second-order valence-corrected chi connectivity index (χ2v) is 5.24. The molecule has 0 fully saturated rings. The van der Waals surface area contributed by atoms with Crippen LogP contribution in [0, 0.1) is 11.3 Å². The highest BCUT2D eigenvalue weighted by atomic mass is 16.6. The highest BCUT2D eigenvalue weighted by Gasteiger charge is 2.23. The van der Waals surface area contributed by atoms with Crippen LogP contribution >= 0.6 is 0 Å². The molecular weight excluding hydrogens is 256 g/mol. The Bertz CT molecular complexity index is 501. The molecule has 0 aliphatic rings. The summed E-state index contributed by atoms with van der Waals surface area (Å²) in [6.07, 6.45) is -0.239. The smallest absolute Gasteiger partial charge is 0.414 e. The highest BCUT2D eigenvalue weighted by Crippen LogP contribution is 2.23. The molecule has 20 heavy (non-hydrogen) atoms. The molecule has 108 valence electrons. The zero-order valence-electron chi connectivity index (χ0n) is 12.3. The molecule has 1 rings (SSSR count). The molecule has 5 nitrogen and oxygen atoms in total. The monoisotopic (exact) mass is 276 g/mol. The van der Waals surface area contributed by atoms with Gasteiger partial charge in [0.15, 0.2) is 0 Å². The van der Waals surface area contributed by atoms with Crippen molar-refractivity contribution in [3.8, 4) is 11.8 Å². The lowest BCUT2D eigenvalue weighted by Gasteiger charge is -2.27. The minimum Gasteiger partial charge on any atom is -0.497 e. The Hall–Kier alpha value is -2.22. The highest BCUT2D eigenvalue weighted by molar-refractivity contribution is 5.88. The van der Waals surface area contributed by atoms with Gasteiger partial charge in [-0.15, -0.1) is 0 Å². The van der Waals surface area contributed by atoms with E-state index in [0.717, 1.165) is 0 Å². The van der Waals surface area contributed by atoms with Gasteiger partial charge in [-0.05, 0) is 32.9 Å². The minimum atomic E-state index is -0.582. The molecule has 0 aromatic heterocycles. The molecule has 0 saturated carbocycles. The van der Waals surface area contributed by atoms with Gasteiger partial charge in [-0.25, -0.2) is 4.79 Å². The van der Waals surface area contributed by atoms with Crippen molar-refractivity contribution in [2.45, 2.75) is 32.8 Å². The van der Waals surface area contributed by atoms with Crippen LogP contribution in [0.2, 0.25) is 0 Å². The average Bonchev–Trinajstić information content (AvgIpc) is 2.37. The van der Waals surface area contributed by atoms with Gasteiger partial charge in [0.25, 0.3) is 0 Å². The molecule has 0 aliphatic heterocycles. The largest absolute Gasteiger partial charge is 0.497 e. The maximum Gasteiger partial charge on any atom is 0.414 e. The molecule has 0 saturated heterocycles. The zero-order valence-corrected chi connectivity index (χ0v) is 12.3. The number of anilines is 1. The second-order valence-electron chi connectivity index (χ2n) is 5.24. The van der Waals surface area contributed by atoms with E-state index in [0.29, 0.717) is 11.4 Å². The number of benzene rings is 1. The molecule has 0 unspecified atom stereocenters. The van der Waals surface area contributed by atoms with E-state index in [9.17, 15) is 4.79 Å². The molecule has 0 radical (unpaired) electrons. The maximum atomic E-state index is 12.2. The number of hydrogen-bond donors (Lipinski definition) is 0. The first-order valence-corrected chi connectivity index (χ1v) is 6.39. The fourth-order valence-corrected chi connectivity index (χ4v) is 1.58. The SMILES string of the molecule is COc1cccc(N(CCC#N)C(=O)OC(C)(C)C)c1. The number of rotatable bonds is 4. The number of nitriles is 1. The van der Waals surface area contributed by atoms with Crippen LogP contribution in [-0.2, 0) is 4.74 Å². The van der Waals surface area contributed by atoms with Crippen LogP contribution in [0.15, 0.2) is 24.3 Å². The summed E-state index contributed by atoms with van der Waals surface area (Å²) in [6.45, 7) is 5.69. The van der Waals surface area contributed by atoms with E-state index < -0.39 is 11.7 Å². The van der Waals surface area contributed by atoms with Gasteiger partial charge in [0, 0.05) is 12.6 Å². The molecule has 0 aliphatic carbocycles. The van der Waals surface area contributed by atoms with Gasteiger partial charge in [-0.2, -0.15) is 5.26 Å². The Balaban J connectivity index is 2.99. The summed E-state index contributed by atoms with van der Waals surface area (Å²) in [4.78, 5) is 13.7. The fraction of sp³-hybridized carbons (Fsp3) is 0.467. The average molecular weight is 276 g/mol. The Labute approximate surface area is 119 Å². The Morgan fingerprint density at radius 2 is 2.10 bits per heavy atom. The van der Waals surface area contributed by atoms with Crippen LogP contribution in [0.1, 0.15) is 27.2 Å². The number of ether oxygens (including phenoxy) is 2. The van der Waals surface area contributed by atoms with Crippen LogP contribution in [0.25, 0.3) is 0 Å². The summed E-state index contributed by atoms with van der Waals surface area (Å²) in [6, 6.07) is 9.13. The third-order valence-electron chi connectivity index (χ3n) is 2.43. The lowest BCUT2D eigenvalue weighted by atomic mass is 10.2. The summed E-state index contributed by atoms with van der Waals surface area (Å²) in [5.74, 6) is 0.646. The quantitative estimate of drug-likeness (QED) is 0.846. The molecule has 0 atom stereocenters. The molecule has 0 heterocycles. The van der Waals surface area contributed by atoms with Crippen LogP contribution in [0.4, 0.5) is 10.5 Å². The summed E-state index contributed by atoms with van der Waals surface area (Å²) in [7, 11) is 1.56. The van der Waals surface area contributed by atoms with Crippen LogP contribution in [0.3, 0.4) is 0 Å². The van der Waals surface area contributed by atoms with Gasteiger partial charge in [0.1, 0.15) is 11.4 Å². The van der Waals surface area contributed by atoms with E-state index in [1.807, 2.05) is 6.07 Å². The predicted octanol–water partition coefficient (Wildman–Crippen LogP) is 3.35. The van der Waals surface area contributed by atoms with Gasteiger partial charge in [0.05, 0.1) is 25.3 Å². The van der Waals surface area contributed by atoms with E-state index in [1.54, 1.807) is 52.1 Å². The summed E-state index contributed by atoms with van der Waals surface area (Å²) >= 11 is 0. The van der Waals surface area contributed by atoms with Gasteiger partial charge in [0.2, 0.25) is 0 Å². The number of hydrogen-bond acceptors (Lipinski definition) is 4. The summed E-state index contributed by atoms with van der Waals surface area (Å²) in [5.41, 5.74) is 0.0646. The van der Waals surface area contributed by atoms with E-state index in [2.05, 4.69) is 0 Å². The first-order chi connectivity index (χ1) is 9.37.